The molecule has 0 N–H and O–H groups in total. The molecule has 1 saturated heterocycles. The molecule has 0 aromatic heterocycles. The van der Waals surface area contributed by atoms with Gasteiger partial charge in [0.2, 0.25) is 0 Å². The van der Waals surface area contributed by atoms with Crippen molar-refractivity contribution in [3.63, 3.8) is 0 Å². The number of esters is 1. The molecule has 1 aliphatic heterocycles. The van der Waals surface area contributed by atoms with Gasteiger partial charge < -0.3 is 4.74 Å². The van der Waals surface area contributed by atoms with Crippen molar-refractivity contribution >= 4 is 15.8 Å². The molecular formula is C11H21NO4S. The molecule has 1 rings (SSSR count). The van der Waals surface area contributed by atoms with Crippen molar-refractivity contribution in [2.75, 3.05) is 31.7 Å². The van der Waals surface area contributed by atoms with E-state index in [4.69, 9.17) is 4.74 Å². The maximum atomic E-state index is 11.6. The summed E-state index contributed by atoms with van der Waals surface area (Å²) in [7, 11) is -2.91. The topological polar surface area (TPSA) is 63.7 Å². The van der Waals surface area contributed by atoms with Gasteiger partial charge in [0.15, 0.2) is 0 Å². The van der Waals surface area contributed by atoms with Crippen LogP contribution in [0.3, 0.4) is 0 Å². The van der Waals surface area contributed by atoms with E-state index in [1.165, 1.54) is 6.26 Å². The lowest BCUT2D eigenvalue weighted by atomic mass is 10.2. The molecule has 1 fully saturated rings. The van der Waals surface area contributed by atoms with Crippen molar-refractivity contribution in [1.29, 1.82) is 0 Å². The lowest BCUT2D eigenvalue weighted by Crippen LogP contribution is -2.38. The van der Waals surface area contributed by atoms with E-state index in [1.807, 2.05) is 4.90 Å². The number of hydrogen-bond donors (Lipinski definition) is 0. The van der Waals surface area contributed by atoms with Gasteiger partial charge in [0.05, 0.1) is 12.4 Å². The van der Waals surface area contributed by atoms with Crippen molar-refractivity contribution in [1.82, 2.24) is 4.90 Å². The van der Waals surface area contributed by atoms with E-state index in [0.29, 0.717) is 19.6 Å². The van der Waals surface area contributed by atoms with Gasteiger partial charge in [-0.15, -0.1) is 0 Å². The largest absolute Gasteiger partial charge is 0.465 e. The first-order valence-corrected chi connectivity index (χ1v) is 8.08. The van der Waals surface area contributed by atoms with E-state index in [1.54, 1.807) is 6.92 Å². The van der Waals surface area contributed by atoms with Crippen molar-refractivity contribution in [3.05, 3.63) is 0 Å². The molecule has 6 heteroatoms. The van der Waals surface area contributed by atoms with Crippen LogP contribution in [0.2, 0.25) is 0 Å². The lowest BCUT2D eigenvalue weighted by molar-refractivity contribution is -0.148. The molecule has 0 amide bonds. The number of carbonyl (C=O) groups is 1. The van der Waals surface area contributed by atoms with Gasteiger partial charge in [-0.2, -0.15) is 0 Å². The van der Waals surface area contributed by atoms with Gasteiger partial charge in [-0.25, -0.2) is 8.42 Å². The fourth-order valence-corrected chi connectivity index (χ4v) is 2.78. The standard InChI is InChI=1S/C11H21NO4S/c1-3-16-11(13)10-6-4-7-12(10)8-5-9-17(2,14)15/h10H,3-9H2,1-2H3. The zero-order valence-corrected chi connectivity index (χ0v) is 11.3. The van der Waals surface area contributed by atoms with Crippen LogP contribution in [-0.2, 0) is 19.4 Å². The first-order chi connectivity index (χ1) is 7.94. The Balaban J connectivity index is 2.39. The number of likely N-dealkylation sites (tertiary alicyclic amines) is 1. The Morgan fingerprint density at radius 1 is 1.47 bits per heavy atom. The van der Waals surface area contributed by atoms with Gasteiger partial charge in [0.1, 0.15) is 15.9 Å². The monoisotopic (exact) mass is 263 g/mol. The third kappa shape index (κ3) is 5.04. The highest BCUT2D eigenvalue weighted by Gasteiger charge is 2.31. The summed E-state index contributed by atoms with van der Waals surface area (Å²) in [6.45, 7) is 3.69. The summed E-state index contributed by atoms with van der Waals surface area (Å²) in [5.74, 6) is 0.00309. The number of nitrogens with zero attached hydrogens (tertiary/aromatic N) is 1. The van der Waals surface area contributed by atoms with Gasteiger partial charge in [-0.3, -0.25) is 9.69 Å². The Morgan fingerprint density at radius 3 is 2.76 bits per heavy atom. The van der Waals surface area contributed by atoms with Gasteiger partial charge in [0, 0.05) is 6.26 Å². The van der Waals surface area contributed by atoms with E-state index in [0.717, 1.165) is 19.4 Å². The molecule has 5 nitrogen and oxygen atoms in total. The molecule has 1 aliphatic rings. The highest BCUT2D eigenvalue weighted by Crippen LogP contribution is 2.18. The summed E-state index contributed by atoms with van der Waals surface area (Å²) in [5, 5.41) is 0. The first-order valence-electron chi connectivity index (χ1n) is 6.02. The summed E-state index contributed by atoms with van der Waals surface area (Å²) in [5.41, 5.74) is 0. The average molecular weight is 263 g/mol. The minimum atomic E-state index is -2.91. The van der Waals surface area contributed by atoms with E-state index < -0.39 is 9.84 Å². The van der Waals surface area contributed by atoms with Crippen LogP contribution in [0, 0.1) is 0 Å². The number of carbonyl (C=O) groups excluding carboxylic acids is 1. The Bertz CT molecular complexity index is 352. The zero-order valence-electron chi connectivity index (χ0n) is 10.5. The zero-order chi connectivity index (χ0) is 12.9. The molecule has 17 heavy (non-hydrogen) atoms. The highest BCUT2D eigenvalue weighted by atomic mass is 32.2. The van der Waals surface area contributed by atoms with Crippen molar-refractivity contribution in [2.24, 2.45) is 0 Å². The minimum Gasteiger partial charge on any atom is -0.465 e. The molecule has 1 heterocycles. The Kier molecular flexibility index (Phi) is 5.39. The molecular weight excluding hydrogens is 242 g/mol. The quantitative estimate of drug-likeness (QED) is 0.651. The fraction of sp³-hybridized carbons (Fsp3) is 0.909. The Labute approximate surface area is 103 Å². The first kappa shape index (κ1) is 14.4. The van der Waals surface area contributed by atoms with Crippen LogP contribution in [0.15, 0.2) is 0 Å². The number of sulfone groups is 1. The van der Waals surface area contributed by atoms with Crippen molar-refractivity contribution in [2.45, 2.75) is 32.2 Å². The van der Waals surface area contributed by atoms with Crippen LogP contribution in [0.4, 0.5) is 0 Å². The molecule has 1 atom stereocenters. The van der Waals surface area contributed by atoms with Crippen LogP contribution in [-0.4, -0.2) is 57.0 Å². The smallest absolute Gasteiger partial charge is 0.323 e. The minimum absolute atomic E-state index is 0.172. The second-order valence-corrected chi connectivity index (χ2v) is 6.69. The lowest BCUT2D eigenvalue weighted by Gasteiger charge is -2.22. The maximum absolute atomic E-state index is 11.6. The molecule has 100 valence electrons. The molecule has 0 saturated carbocycles. The van der Waals surface area contributed by atoms with Gasteiger partial charge in [-0.05, 0) is 39.3 Å². The predicted molar refractivity (Wildman–Crippen MR) is 65.6 cm³/mol. The van der Waals surface area contributed by atoms with Crippen molar-refractivity contribution in [3.8, 4) is 0 Å². The fourth-order valence-electron chi connectivity index (χ4n) is 2.13. The normalized spacial score (nSPS) is 21.6. The molecule has 0 spiro atoms. The van der Waals surface area contributed by atoms with Crippen LogP contribution in [0.5, 0.6) is 0 Å². The molecule has 0 aromatic carbocycles. The summed E-state index contributed by atoms with van der Waals surface area (Å²) in [4.78, 5) is 13.7. The number of ether oxygens (including phenoxy) is 1. The Hall–Kier alpha value is -0.620. The SMILES string of the molecule is CCOC(=O)C1CCCN1CCCS(C)(=O)=O. The van der Waals surface area contributed by atoms with Crippen LogP contribution in [0.1, 0.15) is 26.2 Å². The molecule has 0 aromatic rings. The van der Waals surface area contributed by atoms with E-state index in [-0.39, 0.29) is 17.8 Å². The second kappa shape index (κ2) is 6.35. The number of rotatable bonds is 6. The van der Waals surface area contributed by atoms with E-state index in [2.05, 4.69) is 0 Å². The second-order valence-electron chi connectivity index (χ2n) is 4.43. The van der Waals surface area contributed by atoms with Gasteiger partial charge >= 0.3 is 5.97 Å². The average Bonchev–Trinajstić information content (AvgIpc) is 2.64. The van der Waals surface area contributed by atoms with Crippen LogP contribution in [0.25, 0.3) is 0 Å². The Morgan fingerprint density at radius 2 is 2.18 bits per heavy atom. The number of hydrogen-bond acceptors (Lipinski definition) is 5. The molecule has 0 bridgehead atoms. The van der Waals surface area contributed by atoms with E-state index >= 15 is 0 Å². The summed E-state index contributed by atoms with van der Waals surface area (Å²) >= 11 is 0. The third-order valence-electron chi connectivity index (χ3n) is 2.88. The predicted octanol–water partition coefficient (Wildman–Crippen LogP) is 0.449. The summed E-state index contributed by atoms with van der Waals surface area (Å²) in [6.07, 6.45) is 3.61. The van der Waals surface area contributed by atoms with Gasteiger partial charge in [-0.1, -0.05) is 0 Å². The maximum Gasteiger partial charge on any atom is 0.323 e. The summed E-state index contributed by atoms with van der Waals surface area (Å²) in [6, 6.07) is -0.172. The molecule has 1 unspecified atom stereocenters. The van der Waals surface area contributed by atoms with Crippen LogP contribution < -0.4 is 0 Å². The van der Waals surface area contributed by atoms with Crippen LogP contribution >= 0.6 is 0 Å². The van der Waals surface area contributed by atoms with Crippen molar-refractivity contribution < 1.29 is 17.9 Å². The summed E-state index contributed by atoms with van der Waals surface area (Å²) < 4.78 is 27.0. The highest BCUT2D eigenvalue weighted by molar-refractivity contribution is 7.90. The van der Waals surface area contributed by atoms with E-state index in [9.17, 15) is 13.2 Å². The third-order valence-corrected chi connectivity index (χ3v) is 3.91. The molecule has 0 radical (unpaired) electrons. The molecule has 0 aliphatic carbocycles. The van der Waals surface area contributed by atoms with Gasteiger partial charge in [0.25, 0.3) is 0 Å².